The van der Waals surface area contributed by atoms with Gasteiger partial charge in [0, 0.05) is 21.0 Å². The molecule has 0 aliphatic carbocycles. The van der Waals surface area contributed by atoms with Crippen molar-refractivity contribution >= 4 is 67.1 Å². The van der Waals surface area contributed by atoms with Crippen LogP contribution in [0.2, 0.25) is 10.0 Å². The molecule has 13 heteroatoms. The number of amides is 1. The number of halogens is 2. The van der Waals surface area contributed by atoms with Crippen molar-refractivity contribution in [3.63, 3.8) is 0 Å². The number of anilines is 1. The molecule has 0 aromatic heterocycles. The molecule has 4 aromatic rings. The van der Waals surface area contributed by atoms with E-state index in [0.717, 1.165) is 0 Å². The van der Waals surface area contributed by atoms with Crippen molar-refractivity contribution in [2.45, 2.75) is 11.8 Å². The number of benzene rings is 4. The van der Waals surface area contributed by atoms with Crippen molar-refractivity contribution in [1.82, 2.24) is 0 Å². The molecule has 0 bridgehead atoms. The van der Waals surface area contributed by atoms with E-state index >= 15 is 0 Å². The van der Waals surface area contributed by atoms with Crippen LogP contribution >= 0.6 is 23.2 Å². The normalized spacial score (nSPS) is 11.4. The zero-order chi connectivity index (χ0) is 26.9. The standard InChI is InChI=1S/C25H19Cl2N3O6S.Na/c1-13-18(27)8-9-19(24(13)37(33,34)35)29-30-22-16-6-4-3-5-14(16)11-17(23(22)31)25(32)28-20-12-15(26)7-10-21(20)36-2;/h3-12,31H,1-2H3,(H,28,32)(H,33,34,35);/q;+1/p-1. The molecule has 0 unspecified atom stereocenters. The van der Waals surface area contributed by atoms with Gasteiger partial charge in [-0.05, 0) is 54.3 Å². The number of hydrogen-bond acceptors (Lipinski definition) is 7. The van der Waals surface area contributed by atoms with Crippen molar-refractivity contribution in [2.24, 2.45) is 10.2 Å². The molecule has 0 radical (unpaired) electrons. The Kier molecular flexibility index (Phi) is 9.43. The van der Waals surface area contributed by atoms with Crippen LogP contribution in [0.5, 0.6) is 11.5 Å². The zero-order valence-corrected chi connectivity index (χ0v) is 24.6. The molecule has 0 spiro atoms. The molecule has 1 amide bonds. The third-order valence-corrected chi connectivity index (χ3v) is 7.14. The fourth-order valence-electron chi connectivity index (χ4n) is 3.71. The summed E-state index contributed by atoms with van der Waals surface area (Å²) in [5.74, 6) is -1.16. The summed E-state index contributed by atoms with van der Waals surface area (Å²) in [4.78, 5) is 12.6. The monoisotopic (exact) mass is 581 g/mol. The first-order chi connectivity index (χ1) is 17.5. The summed E-state index contributed by atoms with van der Waals surface area (Å²) < 4.78 is 38.9. The predicted molar refractivity (Wildman–Crippen MR) is 140 cm³/mol. The van der Waals surface area contributed by atoms with E-state index in [1.165, 1.54) is 38.3 Å². The summed E-state index contributed by atoms with van der Waals surface area (Å²) in [7, 11) is -3.29. The van der Waals surface area contributed by atoms with Crippen molar-refractivity contribution < 1.29 is 57.2 Å². The van der Waals surface area contributed by atoms with Gasteiger partial charge in [0.15, 0.2) is 0 Å². The summed E-state index contributed by atoms with van der Waals surface area (Å²) in [6.07, 6.45) is 0. The molecule has 0 saturated carbocycles. The van der Waals surface area contributed by atoms with Crippen LogP contribution in [-0.4, -0.2) is 26.0 Å². The van der Waals surface area contributed by atoms with Crippen LogP contribution in [0.1, 0.15) is 15.9 Å². The van der Waals surface area contributed by atoms with Gasteiger partial charge in [0.25, 0.3) is 16.0 Å². The average Bonchev–Trinajstić information content (AvgIpc) is 2.84. The minimum Gasteiger partial charge on any atom is -0.870 e. The molecule has 0 aliphatic heterocycles. The fourth-order valence-corrected chi connectivity index (χ4v) is 4.96. The zero-order valence-electron chi connectivity index (χ0n) is 20.3. The molecule has 0 atom stereocenters. The molecule has 4 aromatic carbocycles. The SMILES string of the molecule is COc1ccc(Cl)cc1NC(=O)c1cc2ccccc2c(N=Nc2ccc(Cl)c(C)c2S(=O)(=O)O)c1[O-].[Na+]. The van der Waals surface area contributed by atoms with Crippen molar-refractivity contribution in [3.05, 3.63) is 81.8 Å². The maximum atomic E-state index is 13.4. The van der Waals surface area contributed by atoms with Gasteiger partial charge in [-0.3, -0.25) is 9.35 Å². The Hall–Kier alpha value is -2.70. The van der Waals surface area contributed by atoms with Crippen LogP contribution in [0.3, 0.4) is 0 Å². The van der Waals surface area contributed by atoms with E-state index in [0.29, 0.717) is 21.5 Å². The van der Waals surface area contributed by atoms with Gasteiger partial charge in [0.1, 0.15) is 16.3 Å². The van der Waals surface area contributed by atoms with Crippen molar-refractivity contribution in [3.8, 4) is 11.5 Å². The third kappa shape index (κ3) is 6.13. The quantitative estimate of drug-likeness (QED) is 0.203. The second-order valence-corrected chi connectivity index (χ2v) is 10.0. The van der Waals surface area contributed by atoms with Crippen LogP contribution in [0, 0.1) is 6.92 Å². The number of carbonyl (C=O) groups excluding carboxylic acids is 1. The minimum atomic E-state index is -4.71. The van der Waals surface area contributed by atoms with Gasteiger partial charge in [-0.15, -0.1) is 5.11 Å². The Morgan fingerprint density at radius 1 is 1.05 bits per heavy atom. The van der Waals surface area contributed by atoms with Gasteiger partial charge in [0.05, 0.1) is 18.5 Å². The van der Waals surface area contributed by atoms with Gasteiger partial charge in [-0.2, -0.15) is 13.5 Å². The molecular formula is C25H18Cl2N3NaO6S. The van der Waals surface area contributed by atoms with E-state index in [2.05, 4.69) is 15.5 Å². The van der Waals surface area contributed by atoms with Crippen LogP contribution in [0.4, 0.5) is 17.1 Å². The smallest absolute Gasteiger partial charge is 0.870 e. The second-order valence-electron chi connectivity index (χ2n) is 7.82. The summed E-state index contributed by atoms with van der Waals surface area (Å²) in [5, 5.41) is 25.3. The van der Waals surface area contributed by atoms with E-state index < -0.39 is 26.7 Å². The fraction of sp³-hybridized carbons (Fsp3) is 0.0800. The van der Waals surface area contributed by atoms with Gasteiger partial charge in [-0.1, -0.05) is 53.2 Å². The van der Waals surface area contributed by atoms with E-state index in [4.69, 9.17) is 27.9 Å². The molecule has 9 nitrogen and oxygen atoms in total. The summed E-state index contributed by atoms with van der Waals surface area (Å²) in [6, 6.07) is 15.4. The second kappa shape index (κ2) is 12.0. The number of fused-ring (bicyclic) bond motifs is 1. The number of carbonyl (C=O) groups is 1. The van der Waals surface area contributed by atoms with E-state index in [-0.39, 0.29) is 62.8 Å². The van der Waals surface area contributed by atoms with E-state index in [1.54, 1.807) is 36.4 Å². The van der Waals surface area contributed by atoms with Crippen molar-refractivity contribution in [2.75, 3.05) is 12.4 Å². The first kappa shape index (κ1) is 29.9. The summed E-state index contributed by atoms with van der Waals surface area (Å²) in [5.41, 5.74) is -0.347. The average molecular weight is 582 g/mol. The number of nitrogens with one attached hydrogen (secondary N) is 1. The first-order valence-corrected chi connectivity index (χ1v) is 12.8. The number of methoxy groups -OCH3 is 1. The molecular weight excluding hydrogens is 564 g/mol. The third-order valence-electron chi connectivity index (χ3n) is 5.46. The topological polar surface area (TPSA) is 140 Å². The van der Waals surface area contributed by atoms with Gasteiger partial charge in [0.2, 0.25) is 0 Å². The largest absolute Gasteiger partial charge is 1.00 e. The maximum Gasteiger partial charge on any atom is 1.00 e. The van der Waals surface area contributed by atoms with Gasteiger partial charge in [-0.25, -0.2) is 0 Å². The molecule has 0 saturated heterocycles. The predicted octanol–water partition coefficient (Wildman–Crippen LogP) is 3.46. The van der Waals surface area contributed by atoms with Crippen LogP contribution < -0.4 is 44.7 Å². The molecule has 0 fully saturated rings. The molecule has 0 heterocycles. The number of azo groups is 1. The maximum absolute atomic E-state index is 13.4. The Bertz CT molecular complexity index is 1700. The minimum absolute atomic E-state index is 0. The molecule has 2 N–H and O–H groups in total. The molecule has 38 heavy (non-hydrogen) atoms. The Morgan fingerprint density at radius 2 is 1.76 bits per heavy atom. The molecule has 4 rings (SSSR count). The number of nitrogens with zero attached hydrogens (tertiary/aromatic N) is 2. The number of hydrogen-bond donors (Lipinski definition) is 2. The van der Waals surface area contributed by atoms with Crippen LogP contribution in [0.25, 0.3) is 10.8 Å². The Labute approximate surface area is 250 Å². The van der Waals surface area contributed by atoms with Gasteiger partial charge < -0.3 is 15.2 Å². The van der Waals surface area contributed by atoms with Gasteiger partial charge >= 0.3 is 29.6 Å². The summed E-state index contributed by atoms with van der Waals surface area (Å²) >= 11 is 12.0. The van der Waals surface area contributed by atoms with E-state index in [9.17, 15) is 22.9 Å². The molecule has 190 valence electrons. The number of rotatable bonds is 6. The number of ether oxygens (including phenoxy) is 1. The Morgan fingerprint density at radius 3 is 2.45 bits per heavy atom. The van der Waals surface area contributed by atoms with E-state index in [1.807, 2.05) is 0 Å². The summed E-state index contributed by atoms with van der Waals surface area (Å²) in [6.45, 7) is 1.40. The van der Waals surface area contributed by atoms with Crippen LogP contribution in [0.15, 0.2) is 75.8 Å². The molecule has 0 aliphatic rings. The van der Waals surface area contributed by atoms with Crippen LogP contribution in [-0.2, 0) is 10.1 Å². The Balaban J connectivity index is 0.00000400. The first-order valence-electron chi connectivity index (χ1n) is 10.6. The van der Waals surface area contributed by atoms with Crippen molar-refractivity contribution in [1.29, 1.82) is 0 Å².